The maximum absolute atomic E-state index is 9.75. The van der Waals surface area contributed by atoms with E-state index in [0.29, 0.717) is 0 Å². The smallest absolute Gasteiger partial charge is 0.0623 e. The first kappa shape index (κ1) is 36.8. The predicted molar refractivity (Wildman–Crippen MR) is 71.3 cm³/mol. The third kappa shape index (κ3) is 353. The van der Waals surface area contributed by atoms with Gasteiger partial charge in [0.05, 0.1) is 0 Å². The second-order valence-corrected chi connectivity index (χ2v) is 2.89. The molecule has 1 aromatic rings. The SMILES string of the molecule is FC(F)F.F[B-](F)(F)F.F[B-](F)(F)F.F[B-](F)(F)F.[KH].c1ccccc1. The van der Waals surface area contributed by atoms with Crippen LogP contribution in [0.1, 0.15) is 0 Å². The summed E-state index contributed by atoms with van der Waals surface area (Å²) in [6.07, 6.45) is 0. The minimum absolute atomic E-state index is 0. The Hall–Kier alpha value is 0.00117. The molecule has 0 saturated heterocycles. The average Bonchev–Trinajstić information content (AvgIpc) is 2.23. The molecule has 0 atom stereocenters. The molecule has 0 radical (unpaired) electrons. The molecule has 0 unspecified atom stereocenters. The van der Waals surface area contributed by atoms with Crippen LogP contribution < -0.4 is 0 Å². The number of rotatable bonds is 0. The van der Waals surface area contributed by atoms with Gasteiger partial charge in [-0.25, -0.2) is 0 Å². The third-order valence-corrected chi connectivity index (χ3v) is 0.667. The van der Waals surface area contributed by atoms with E-state index in [9.17, 15) is 65.0 Å². The summed E-state index contributed by atoms with van der Waals surface area (Å²) in [6.45, 7) is -3.67. The summed E-state index contributed by atoms with van der Waals surface area (Å²) in [5.41, 5.74) is 0. The zero-order chi connectivity index (χ0) is 21.3. The molecule has 0 heterocycles. The second-order valence-electron chi connectivity index (χ2n) is 2.89. The van der Waals surface area contributed by atoms with E-state index in [0.717, 1.165) is 0 Å². The standard InChI is InChI=1S/C6H6.CHF3.3BF4.K.H/c1-2-4-6-5-3-1;2-1(3)4;3*2-1(3,4)5;;/h1-6H;1H;;;;;/q;;3*-1;;. The molecular weight excluding hydrogens is 441 g/mol. The van der Waals surface area contributed by atoms with Crippen molar-refractivity contribution in [3.63, 3.8) is 0 Å². The molecule has 19 heteroatoms. The monoisotopic (exact) mass is 449 g/mol. The molecule has 1 aromatic carbocycles. The summed E-state index contributed by atoms with van der Waals surface area (Å²) in [4.78, 5) is 0. The molecule has 0 aliphatic rings. The van der Waals surface area contributed by atoms with Crippen molar-refractivity contribution in [3.05, 3.63) is 36.4 Å². The molecule has 154 valence electrons. The fourth-order valence-corrected chi connectivity index (χ4v) is 0.385. The van der Waals surface area contributed by atoms with Crippen LogP contribution in [0.25, 0.3) is 0 Å². The van der Waals surface area contributed by atoms with Crippen molar-refractivity contribution in [3.8, 4) is 0 Å². The summed E-state index contributed by atoms with van der Waals surface area (Å²) in [6, 6.07) is 12.0. The van der Waals surface area contributed by atoms with Crippen LogP contribution in [-0.2, 0) is 0 Å². The molecule has 0 N–H and O–H groups in total. The van der Waals surface area contributed by atoms with E-state index in [1.54, 1.807) is 0 Å². The Bertz CT molecular complexity index is 288. The summed E-state index contributed by atoms with van der Waals surface area (Å²) in [5.74, 6) is 0. The first-order valence-electron chi connectivity index (χ1n) is 5.27. The van der Waals surface area contributed by atoms with E-state index in [-0.39, 0.29) is 51.4 Å². The first-order valence-corrected chi connectivity index (χ1v) is 5.27. The van der Waals surface area contributed by atoms with E-state index in [1.165, 1.54) is 0 Å². The summed E-state index contributed by atoms with van der Waals surface area (Å²) in [7, 11) is -18.0. The topological polar surface area (TPSA) is 0 Å². The molecule has 0 nitrogen and oxygen atoms in total. The van der Waals surface area contributed by atoms with Gasteiger partial charge in [0.15, 0.2) is 0 Å². The average molecular weight is 449 g/mol. The van der Waals surface area contributed by atoms with Gasteiger partial charge >= 0.3 is 79.8 Å². The van der Waals surface area contributed by atoms with Crippen LogP contribution in [0.2, 0.25) is 0 Å². The molecule has 0 amide bonds. The minimum Gasteiger partial charge on any atom is -0.0623 e. The first-order chi connectivity index (χ1) is 10.7. The molecule has 0 spiro atoms. The molecule has 0 bridgehead atoms. The van der Waals surface area contributed by atoms with Crippen molar-refractivity contribution >= 4 is 73.1 Å². The number of hydrogen-bond acceptors (Lipinski definition) is 0. The fourth-order valence-electron chi connectivity index (χ4n) is 0.385. The Kier molecular flexibility index (Phi) is 28.0. The van der Waals surface area contributed by atoms with Gasteiger partial charge in [-0.2, -0.15) is 13.2 Å². The van der Waals surface area contributed by atoms with Crippen molar-refractivity contribution in [2.24, 2.45) is 0 Å². The molecule has 0 fully saturated rings. The maximum Gasteiger partial charge on any atom is -0.0623 e. The van der Waals surface area contributed by atoms with Crippen molar-refractivity contribution in [1.82, 2.24) is 0 Å². The molecular formula is C7H8B3F15K-3. The molecule has 1 rings (SSSR count). The van der Waals surface area contributed by atoms with E-state index in [2.05, 4.69) is 0 Å². The minimum atomic E-state index is -6.00. The van der Waals surface area contributed by atoms with E-state index in [4.69, 9.17) is 0 Å². The Morgan fingerprint density at radius 1 is 0.385 bits per heavy atom. The van der Waals surface area contributed by atoms with Gasteiger partial charge in [-0.1, -0.05) is 36.4 Å². The normalized spacial score (nSPS) is 10.2. The van der Waals surface area contributed by atoms with Crippen molar-refractivity contribution in [1.29, 1.82) is 0 Å². The number of benzene rings is 1. The maximum atomic E-state index is 9.75. The number of hydrogen-bond donors (Lipinski definition) is 0. The van der Waals surface area contributed by atoms with Gasteiger partial charge < -0.3 is 51.8 Å². The van der Waals surface area contributed by atoms with E-state index < -0.39 is 28.4 Å². The number of halogens is 15. The van der Waals surface area contributed by atoms with Crippen molar-refractivity contribution < 1.29 is 65.0 Å². The molecule has 26 heavy (non-hydrogen) atoms. The zero-order valence-corrected chi connectivity index (χ0v) is 11.4. The summed E-state index contributed by atoms with van der Waals surface area (Å²) < 4.78 is 146. The van der Waals surface area contributed by atoms with Gasteiger partial charge in [-0.05, 0) is 0 Å². The van der Waals surface area contributed by atoms with Crippen LogP contribution in [0.15, 0.2) is 36.4 Å². The van der Waals surface area contributed by atoms with Crippen LogP contribution in [-0.4, -0.2) is 79.8 Å². The van der Waals surface area contributed by atoms with Gasteiger partial charge in [0.2, 0.25) is 0 Å². The summed E-state index contributed by atoms with van der Waals surface area (Å²) in [5, 5.41) is 0. The van der Waals surface area contributed by atoms with E-state index in [1.807, 2.05) is 36.4 Å². The molecule has 0 aliphatic heterocycles. The van der Waals surface area contributed by atoms with Gasteiger partial charge in [0.25, 0.3) is 0 Å². The van der Waals surface area contributed by atoms with Crippen LogP contribution in [0.5, 0.6) is 0 Å². The molecule has 0 aliphatic carbocycles. The van der Waals surface area contributed by atoms with Crippen molar-refractivity contribution in [2.45, 2.75) is 6.68 Å². The Labute approximate surface area is 180 Å². The zero-order valence-electron chi connectivity index (χ0n) is 11.4. The predicted octanol–water partition coefficient (Wildman–Crippen LogP) is 6.12. The van der Waals surface area contributed by atoms with Crippen LogP contribution in [0.4, 0.5) is 65.0 Å². The van der Waals surface area contributed by atoms with Crippen LogP contribution in [0, 0.1) is 0 Å². The largest absolute Gasteiger partial charge is 0.0623 e. The summed E-state index contributed by atoms with van der Waals surface area (Å²) >= 11 is 0. The fraction of sp³-hybridized carbons (Fsp3) is 0.143. The molecule has 0 aromatic heterocycles. The van der Waals surface area contributed by atoms with Gasteiger partial charge in [0.1, 0.15) is 0 Å². The quantitative estimate of drug-likeness (QED) is 0.331. The third-order valence-electron chi connectivity index (χ3n) is 0.667. The molecule has 0 saturated carbocycles. The van der Waals surface area contributed by atoms with Crippen molar-refractivity contribution in [2.75, 3.05) is 0 Å². The second kappa shape index (κ2) is 19.8. The number of alkyl halides is 3. The Morgan fingerprint density at radius 3 is 0.462 bits per heavy atom. The van der Waals surface area contributed by atoms with Gasteiger partial charge in [0, 0.05) is 0 Å². The van der Waals surface area contributed by atoms with Crippen LogP contribution in [0.3, 0.4) is 0 Å². The Balaban J connectivity index is -0.0000000705. The van der Waals surface area contributed by atoms with Crippen LogP contribution >= 0.6 is 0 Å². The van der Waals surface area contributed by atoms with Gasteiger partial charge in [-0.3, -0.25) is 0 Å². The van der Waals surface area contributed by atoms with E-state index >= 15 is 0 Å². The van der Waals surface area contributed by atoms with Gasteiger partial charge in [-0.15, -0.1) is 0 Å². The Morgan fingerprint density at radius 2 is 0.423 bits per heavy atom.